The van der Waals surface area contributed by atoms with Gasteiger partial charge in [0, 0.05) is 0 Å². The third-order valence-electron chi connectivity index (χ3n) is 6.11. The minimum atomic E-state index is -1.54. The number of aliphatic hydroxyl groups is 4. The molecule has 0 aromatic heterocycles. The highest BCUT2D eigenvalue weighted by atomic mass is 16.3. The molecule has 0 rings (SSSR count). The van der Waals surface area contributed by atoms with Crippen LogP contribution in [-0.4, -0.2) is 86.8 Å². The van der Waals surface area contributed by atoms with Gasteiger partial charge in [-0.05, 0) is 12.8 Å². The van der Waals surface area contributed by atoms with Crippen LogP contribution in [0, 0.1) is 0 Å². The van der Waals surface area contributed by atoms with Gasteiger partial charge >= 0.3 is 0 Å². The Morgan fingerprint density at radius 2 is 1.28 bits per heavy atom. The van der Waals surface area contributed by atoms with Crippen molar-refractivity contribution in [1.29, 1.82) is 0 Å². The molecule has 36 heavy (non-hydrogen) atoms. The molecule has 0 radical (unpaired) electrons. The molecule has 0 aromatic rings. The average molecular weight is 517 g/mol. The van der Waals surface area contributed by atoms with Gasteiger partial charge in [0.05, 0.1) is 38.3 Å². The summed E-state index contributed by atoms with van der Waals surface area (Å²) in [7, 11) is 0. The van der Waals surface area contributed by atoms with Crippen molar-refractivity contribution in [3.63, 3.8) is 0 Å². The maximum absolute atomic E-state index is 13.0. The minimum absolute atomic E-state index is 0.228. The lowest BCUT2D eigenvalue weighted by molar-refractivity contribution is -0.154. The average Bonchev–Trinajstić information content (AvgIpc) is 2.84. The topological polar surface area (TPSA) is 164 Å². The molecule has 0 saturated carbocycles. The van der Waals surface area contributed by atoms with Crippen LogP contribution in [-0.2, 0) is 19.2 Å². The smallest absolute Gasteiger partial charge is 0.254 e. The Hall–Kier alpha value is -1.88. The van der Waals surface area contributed by atoms with Crippen molar-refractivity contribution in [2.75, 3.05) is 13.2 Å². The van der Waals surface area contributed by atoms with Crippen LogP contribution in [0.2, 0.25) is 0 Å². The molecule has 0 aromatic carbocycles. The number of aldehydes is 1. The molecule has 0 aliphatic carbocycles. The van der Waals surface area contributed by atoms with Crippen LogP contribution in [0.5, 0.6) is 0 Å². The Kier molecular flexibility index (Phi) is 20.1. The van der Waals surface area contributed by atoms with Gasteiger partial charge in [0.2, 0.25) is 11.8 Å². The molecule has 0 spiro atoms. The summed E-state index contributed by atoms with van der Waals surface area (Å²) in [6.45, 7) is 2.50. The van der Waals surface area contributed by atoms with E-state index in [2.05, 4.69) is 19.2 Å². The second-order valence-corrected chi connectivity index (χ2v) is 9.41. The number of imide groups is 1. The van der Waals surface area contributed by atoms with Gasteiger partial charge in [0.15, 0.2) is 0 Å². The fourth-order valence-corrected chi connectivity index (χ4v) is 3.95. The normalized spacial score (nSPS) is 14.5. The van der Waals surface area contributed by atoms with Crippen molar-refractivity contribution in [2.45, 2.75) is 128 Å². The summed E-state index contributed by atoms with van der Waals surface area (Å²) in [5.41, 5.74) is 0. The highest BCUT2D eigenvalue weighted by Crippen LogP contribution is 2.13. The van der Waals surface area contributed by atoms with E-state index in [-0.39, 0.29) is 12.7 Å². The van der Waals surface area contributed by atoms with E-state index in [1.165, 1.54) is 0 Å². The van der Waals surface area contributed by atoms with Gasteiger partial charge in [0.25, 0.3) is 5.91 Å². The highest BCUT2D eigenvalue weighted by molar-refractivity contribution is 6.01. The molecular weight excluding hydrogens is 468 g/mol. The molecule has 10 nitrogen and oxygen atoms in total. The lowest BCUT2D eigenvalue weighted by atomic mass is 10.0. The summed E-state index contributed by atoms with van der Waals surface area (Å²) < 4.78 is 0. The predicted molar refractivity (Wildman–Crippen MR) is 136 cm³/mol. The molecule has 0 fully saturated rings. The first-order valence-corrected chi connectivity index (χ1v) is 13.4. The standard InChI is InChI=1S/C26H48N2O8/c1-3-5-7-9-11-13-21(32)15-24(34)27-23(19-31)26(36)28(20(17-29)18-30)25(35)16-22(33)14-12-10-8-6-4-2/h17,20-23,30-33H,3-16,18-19H2,1-2H3,(H,27,34)/t20-,21?,22?,23+/m1/s1. The van der Waals surface area contributed by atoms with E-state index in [9.17, 15) is 39.6 Å². The number of carbonyl (C=O) groups excluding carboxylic acids is 4. The van der Waals surface area contributed by atoms with Crippen LogP contribution in [0.15, 0.2) is 0 Å². The minimum Gasteiger partial charge on any atom is -0.394 e. The van der Waals surface area contributed by atoms with E-state index in [1.807, 2.05) is 0 Å². The van der Waals surface area contributed by atoms with E-state index in [4.69, 9.17) is 0 Å². The van der Waals surface area contributed by atoms with Gasteiger partial charge in [-0.3, -0.25) is 19.3 Å². The second-order valence-electron chi connectivity index (χ2n) is 9.41. The molecule has 0 saturated heterocycles. The van der Waals surface area contributed by atoms with Crippen molar-refractivity contribution >= 4 is 24.0 Å². The number of hydrogen-bond acceptors (Lipinski definition) is 8. The molecule has 0 aliphatic rings. The van der Waals surface area contributed by atoms with Gasteiger partial charge in [0.1, 0.15) is 18.4 Å². The van der Waals surface area contributed by atoms with Crippen LogP contribution in [0.3, 0.4) is 0 Å². The summed E-state index contributed by atoms with van der Waals surface area (Å²) in [6.07, 6.45) is 8.09. The van der Waals surface area contributed by atoms with E-state index in [0.29, 0.717) is 24.2 Å². The summed E-state index contributed by atoms with van der Waals surface area (Å²) in [5.74, 6) is -2.63. The predicted octanol–water partition coefficient (Wildman–Crippen LogP) is 1.60. The third kappa shape index (κ3) is 14.6. The number of aliphatic hydroxyl groups excluding tert-OH is 4. The quantitative estimate of drug-likeness (QED) is 0.107. The van der Waals surface area contributed by atoms with Crippen molar-refractivity contribution in [3.05, 3.63) is 0 Å². The highest BCUT2D eigenvalue weighted by Gasteiger charge is 2.35. The Morgan fingerprint density at radius 3 is 1.72 bits per heavy atom. The number of unbranched alkanes of at least 4 members (excludes halogenated alkanes) is 8. The van der Waals surface area contributed by atoms with Crippen LogP contribution in [0.25, 0.3) is 0 Å². The lowest BCUT2D eigenvalue weighted by Crippen LogP contribution is -2.57. The number of nitrogens with zero attached hydrogens (tertiary/aromatic N) is 1. The molecule has 4 atom stereocenters. The molecule has 3 amide bonds. The lowest BCUT2D eigenvalue weighted by Gasteiger charge is -2.29. The first-order valence-electron chi connectivity index (χ1n) is 13.4. The third-order valence-corrected chi connectivity index (χ3v) is 6.11. The number of nitrogens with one attached hydrogen (secondary N) is 1. The zero-order valence-corrected chi connectivity index (χ0v) is 22.1. The van der Waals surface area contributed by atoms with Crippen molar-refractivity contribution < 1.29 is 39.6 Å². The van der Waals surface area contributed by atoms with Crippen molar-refractivity contribution in [1.82, 2.24) is 10.2 Å². The van der Waals surface area contributed by atoms with Crippen LogP contribution >= 0.6 is 0 Å². The summed E-state index contributed by atoms with van der Waals surface area (Å²) in [4.78, 5) is 50.1. The molecule has 10 heteroatoms. The summed E-state index contributed by atoms with van der Waals surface area (Å²) in [5, 5.41) is 41.9. The van der Waals surface area contributed by atoms with E-state index >= 15 is 0 Å². The van der Waals surface area contributed by atoms with E-state index in [1.54, 1.807) is 0 Å². The first-order chi connectivity index (χ1) is 17.2. The Balaban J connectivity index is 5.02. The zero-order chi connectivity index (χ0) is 27.3. The fourth-order valence-electron chi connectivity index (χ4n) is 3.95. The SMILES string of the molecule is CCCCCCCC(O)CC(=O)N[C@@H](CO)C(=O)N(C(=O)CC(O)CCCCCCC)[C@H](C=O)CO. The van der Waals surface area contributed by atoms with E-state index < -0.39 is 61.6 Å². The van der Waals surface area contributed by atoms with Gasteiger partial charge in [-0.25, -0.2) is 0 Å². The molecule has 5 N–H and O–H groups in total. The fraction of sp³-hybridized carbons (Fsp3) is 0.846. The Labute approximate surface area is 215 Å². The van der Waals surface area contributed by atoms with Crippen molar-refractivity contribution in [3.8, 4) is 0 Å². The molecule has 0 bridgehead atoms. The number of carbonyl (C=O) groups is 4. The maximum atomic E-state index is 13.0. The first kappa shape index (κ1) is 34.1. The van der Waals surface area contributed by atoms with Gasteiger partial charge < -0.3 is 30.5 Å². The summed E-state index contributed by atoms with van der Waals surface area (Å²) in [6, 6.07) is -3.06. The largest absolute Gasteiger partial charge is 0.394 e. The van der Waals surface area contributed by atoms with E-state index in [0.717, 1.165) is 57.8 Å². The second kappa shape index (κ2) is 21.2. The number of hydrogen-bond donors (Lipinski definition) is 5. The van der Waals surface area contributed by atoms with Gasteiger partial charge in [-0.1, -0.05) is 78.1 Å². The molecule has 2 unspecified atom stereocenters. The van der Waals surface area contributed by atoms with Crippen LogP contribution < -0.4 is 5.32 Å². The zero-order valence-electron chi connectivity index (χ0n) is 22.1. The molecule has 0 heterocycles. The van der Waals surface area contributed by atoms with Crippen LogP contribution in [0.1, 0.15) is 104 Å². The molecule has 0 aliphatic heterocycles. The van der Waals surface area contributed by atoms with Crippen molar-refractivity contribution in [2.24, 2.45) is 0 Å². The number of rotatable bonds is 22. The molecule has 210 valence electrons. The Bertz CT molecular complexity index is 631. The van der Waals surface area contributed by atoms with Crippen LogP contribution in [0.4, 0.5) is 0 Å². The van der Waals surface area contributed by atoms with Gasteiger partial charge in [-0.15, -0.1) is 0 Å². The molecular formula is C26H48N2O8. The summed E-state index contributed by atoms with van der Waals surface area (Å²) >= 11 is 0. The monoisotopic (exact) mass is 516 g/mol. The van der Waals surface area contributed by atoms with Gasteiger partial charge in [-0.2, -0.15) is 0 Å². The Morgan fingerprint density at radius 1 is 0.778 bits per heavy atom. The maximum Gasteiger partial charge on any atom is 0.254 e. The number of amides is 3.